The number of amides is 2. The Kier molecular flexibility index (Phi) is 5.19. The smallest absolute Gasteiger partial charge is 0.320 e. The highest BCUT2D eigenvalue weighted by atomic mass is 16.6. The molecule has 0 aliphatic heterocycles. The normalized spacial score (nSPS) is 11.4. The molecule has 1 unspecified atom stereocenters. The van der Waals surface area contributed by atoms with E-state index in [1.165, 1.54) is 18.2 Å². The van der Waals surface area contributed by atoms with E-state index in [1.807, 2.05) is 42.5 Å². The molecule has 1 heterocycles. The van der Waals surface area contributed by atoms with Crippen molar-refractivity contribution in [2.75, 3.05) is 5.32 Å². The minimum Gasteiger partial charge on any atom is -0.325 e. The van der Waals surface area contributed by atoms with Gasteiger partial charge in [-0.15, -0.1) is 0 Å². The van der Waals surface area contributed by atoms with Gasteiger partial charge >= 0.3 is 6.03 Å². The molecule has 130 valence electrons. The highest BCUT2D eigenvalue weighted by molar-refractivity contribution is 5.90. The monoisotopic (exact) mass is 348 g/mol. The Morgan fingerprint density at radius 3 is 2.46 bits per heavy atom. The quantitative estimate of drug-likeness (QED) is 0.540. The molecule has 0 aliphatic rings. The van der Waals surface area contributed by atoms with Crippen LogP contribution < -0.4 is 10.6 Å². The number of rotatable bonds is 5. The molecule has 0 bridgehead atoms. The number of hydrogen-bond donors (Lipinski definition) is 2. The number of benzene rings is 2. The van der Waals surface area contributed by atoms with Crippen LogP contribution in [0, 0.1) is 10.1 Å². The van der Waals surface area contributed by atoms with Crippen molar-refractivity contribution in [1.29, 1.82) is 0 Å². The number of pyridine rings is 1. The van der Waals surface area contributed by atoms with Crippen LogP contribution in [0.25, 0.3) is 0 Å². The van der Waals surface area contributed by atoms with Crippen molar-refractivity contribution >= 4 is 17.4 Å². The summed E-state index contributed by atoms with van der Waals surface area (Å²) in [7, 11) is 0. The van der Waals surface area contributed by atoms with E-state index in [1.54, 1.807) is 18.3 Å². The summed E-state index contributed by atoms with van der Waals surface area (Å²) in [6.45, 7) is 0. The average Bonchev–Trinajstić information content (AvgIpc) is 2.67. The van der Waals surface area contributed by atoms with Gasteiger partial charge < -0.3 is 10.6 Å². The van der Waals surface area contributed by atoms with Gasteiger partial charge in [-0.05, 0) is 23.8 Å². The number of nitrogens with zero attached hydrogens (tertiary/aromatic N) is 2. The Morgan fingerprint density at radius 1 is 1.00 bits per heavy atom. The Bertz CT molecular complexity index is 861. The summed E-state index contributed by atoms with van der Waals surface area (Å²) in [5.74, 6) is 0. The molecule has 2 aromatic carbocycles. The molecule has 0 spiro atoms. The SMILES string of the molecule is O=C(Nc1cccc([N+](=O)[O-])c1)NC(c1ccccc1)c1ccccn1. The van der Waals surface area contributed by atoms with Crippen molar-refractivity contribution in [3.63, 3.8) is 0 Å². The Balaban J connectivity index is 1.80. The van der Waals surface area contributed by atoms with E-state index in [2.05, 4.69) is 15.6 Å². The molecule has 2 N–H and O–H groups in total. The zero-order valence-electron chi connectivity index (χ0n) is 13.7. The number of non-ortho nitro benzene ring substituents is 1. The predicted molar refractivity (Wildman–Crippen MR) is 97.8 cm³/mol. The lowest BCUT2D eigenvalue weighted by Gasteiger charge is -2.19. The number of carbonyl (C=O) groups excluding carboxylic acids is 1. The van der Waals surface area contributed by atoms with Crippen LogP contribution in [0.5, 0.6) is 0 Å². The van der Waals surface area contributed by atoms with Gasteiger partial charge in [0, 0.05) is 24.0 Å². The maximum atomic E-state index is 12.4. The summed E-state index contributed by atoms with van der Waals surface area (Å²) in [5.41, 5.74) is 1.81. The van der Waals surface area contributed by atoms with Crippen molar-refractivity contribution in [2.45, 2.75) is 6.04 Å². The van der Waals surface area contributed by atoms with Crippen molar-refractivity contribution in [3.05, 3.63) is 100 Å². The Hall–Kier alpha value is -3.74. The van der Waals surface area contributed by atoms with Crippen molar-refractivity contribution < 1.29 is 9.72 Å². The fraction of sp³-hybridized carbons (Fsp3) is 0.0526. The zero-order chi connectivity index (χ0) is 18.4. The van der Waals surface area contributed by atoms with Crippen LogP contribution >= 0.6 is 0 Å². The summed E-state index contributed by atoms with van der Waals surface area (Å²) in [4.78, 5) is 27.1. The molecule has 7 nitrogen and oxygen atoms in total. The minimum atomic E-state index is -0.510. The number of anilines is 1. The van der Waals surface area contributed by atoms with Gasteiger partial charge in [-0.2, -0.15) is 0 Å². The van der Waals surface area contributed by atoms with Crippen LogP contribution in [0.3, 0.4) is 0 Å². The standard InChI is InChI=1S/C19H16N4O3/c24-19(21-15-9-6-10-16(13-15)23(25)26)22-18(14-7-2-1-3-8-14)17-11-4-5-12-20-17/h1-13,18H,(H2,21,22,24). The fourth-order valence-corrected chi connectivity index (χ4v) is 2.52. The van der Waals surface area contributed by atoms with Gasteiger partial charge in [0.1, 0.15) is 0 Å². The van der Waals surface area contributed by atoms with Crippen LogP contribution in [0.1, 0.15) is 17.3 Å². The first-order valence-corrected chi connectivity index (χ1v) is 7.91. The lowest BCUT2D eigenvalue weighted by atomic mass is 10.0. The topological polar surface area (TPSA) is 97.2 Å². The van der Waals surface area contributed by atoms with E-state index in [0.29, 0.717) is 11.4 Å². The highest BCUT2D eigenvalue weighted by Crippen LogP contribution is 2.21. The number of urea groups is 1. The predicted octanol–water partition coefficient (Wildman–Crippen LogP) is 3.90. The summed E-state index contributed by atoms with van der Waals surface area (Å²) in [5, 5.41) is 16.3. The van der Waals surface area contributed by atoms with E-state index in [-0.39, 0.29) is 5.69 Å². The van der Waals surface area contributed by atoms with Crippen LogP contribution in [0.2, 0.25) is 0 Å². The molecule has 3 aromatic rings. The van der Waals surface area contributed by atoms with E-state index >= 15 is 0 Å². The largest absolute Gasteiger partial charge is 0.325 e. The maximum absolute atomic E-state index is 12.4. The van der Waals surface area contributed by atoms with E-state index in [0.717, 1.165) is 5.56 Å². The number of aromatic nitrogens is 1. The Morgan fingerprint density at radius 2 is 1.77 bits per heavy atom. The van der Waals surface area contributed by atoms with E-state index in [4.69, 9.17) is 0 Å². The summed E-state index contributed by atoms with van der Waals surface area (Å²) >= 11 is 0. The average molecular weight is 348 g/mol. The van der Waals surface area contributed by atoms with Gasteiger partial charge in [-0.1, -0.05) is 42.5 Å². The Labute approximate surface area is 149 Å². The number of nitro benzene ring substituents is 1. The molecular formula is C19H16N4O3. The lowest BCUT2D eigenvalue weighted by molar-refractivity contribution is -0.384. The maximum Gasteiger partial charge on any atom is 0.320 e. The van der Waals surface area contributed by atoms with Gasteiger partial charge in [0.2, 0.25) is 0 Å². The third kappa shape index (κ3) is 4.21. The minimum absolute atomic E-state index is 0.0906. The van der Waals surface area contributed by atoms with Crippen molar-refractivity contribution in [3.8, 4) is 0 Å². The zero-order valence-corrected chi connectivity index (χ0v) is 13.7. The first-order valence-electron chi connectivity index (χ1n) is 7.91. The molecule has 0 fully saturated rings. The third-order valence-corrected chi connectivity index (χ3v) is 3.71. The molecule has 2 amide bonds. The molecule has 1 atom stereocenters. The van der Waals surface area contributed by atoms with E-state index in [9.17, 15) is 14.9 Å². The molecule has 0 saturated carbocycles. The molecule has 7 heteroatoms. The first kappa shape index (κ1) is 17.1. The summed E-state index contributed by atoms with van der Waals surface area (Å²) in [6.07, 6.45) is 1.66. The van der Waals surface area contributed by atoms with Crippen LogP contribution in [-0.4, -0.2) is 15.9 Å². The molecule has 0 saturated heterocycles. The first-order chi connectivity index (χ1) is 12.6. The van der Waals surface area contributed by atoms with Crippen LogP contribution in [-0.2, 0) is 0 Å². The number of nitrogens with one attached hydrogen (secondary N) is 2. The molecular weight excluding hydrogens is 332 g/mol. The molecule has 0 aliphatic carbocycles. The summed E-state index contributed by atoms with van der Waals surface area (Å²) in [6, 6.07) is 19.8. The molecule has 1 aromatic heterocycles. The number of hydrogen-bond acceptors (Lipinski definition) is 4. The van der Waals surface area contributed by atoms with Gasteiger partial charge in [-0.25, -0.2) is 4.79 Å². The van der Waals surface area contributed by atoms with Gasteiger partial charge in [0.05, 0.1) is 16.7 Å². The van der Waals surface area contributed by atoms with Gasteiger partial charge in [0.25, 0.3) is 5.69 Å². The van der Waals surface area contributed by atoms with Crippen molar-refractivity contribution in [2.24, 2.45) is 0 Å². The van der Waals surface area contributed by atoms with E-state index < -0.39 is 17.0 Å². The second-order valence-electron chi connectivity index (χ2n) is 5.50. The molecule has 3 rings (SSSR count). The molecule has 0 radical (unpaired) electrons. The molecule has 26 heavy (non-hydrogen) atoms. The van der Waals surface area contributed by atoms with Gasteiger partial charge in [-0.3, -0.25) is 15.1 Å². The van der Waals surface area contributed by atoms with Crippen molar-refractivity contribution in [1.82, 2.24) is 10.3 Å². The lowest BCUT2D eigenvalue weighted by Crippen LogP contribution is -2.33. The fourth-order valence-electron chi connectivity index (χ4n) is 2.52. The highest BCUT2D eigenvalue weighted by Gasteiger charge is 2.18. The second kappa shape index (κ2) is 7.89. The summed E-state index contributed by atoms with van der Waals surface area (Å²) < 4.78 is 0. The van der Waals surface area contributed by atoms with Crippen LogP contribution in [0.15, 0.2) is 79.0 Å². The number of nitro groups is 1. The van der Waals surface area contributed by atoms with Crippen LogP contribution in [0.4, 0.5) is 16.2 Å². The third-order valence-electron chi connectivity index (χ3n) is 3.71. The van der Waals surface area contributed by atoms with Gasteiger partial charge in [0.15, 0.2) is 0 Å². The number of carbonyl (C=O) groups is 1. The second-order valence-corrected chi connectivity index (χ2v) is 5.50.